The largest absolute Gasteiger partial charge is 0.511 e. The van der Waals surface area contributed by atoms with Gasteiger partial charge < -0.3 is 5.11 Å². The summed E-state index contributed by atoms with van der Waals surface area (Å²) in [6.07, 6.45) is 3.56. The fraction of sp³-hybridized carbons (Fsp3) is 0.200. The van der Waals surface area contributed by atoms with Crippen LogP contribution < -0.4 is 0 Å². The molecule has 1 aliphatic rings. The number of allylic oxidation sites excluding steroid dienone is 4. The van der Waals surface area contributed by atoms with E-state index in [9.17, 15) is 5.11 Å². The van der Waals surface area contributed by atoms with Crippen molar-refractivity contribution < 1.29 is 5.11 Å². The van der Waals surface area contributed by atoms with Crippen molar-refractivity contribution in [2.75, 3.05) is 0 Å². The van der Waals surface area contributed by atoms with Crippen LogP contribution >= 0.6 is 0 Å². The van der Waals surface area contributed by atoms with Gasteiger partial charge in [0.05, 0.1) is 5.57 Å². The lowest BCUT2D eigenvalue weighted by Crippen LogP contribution is -1.95. The molecule has 128 valence electrons. The summed E-state index contributed by atoms with van der Waals surface area (Å²) in [7, 11) is 0. The summed E-state index contributed by atoms with van der Waals surface area (Å²) < 4.78 is 0. The molecule has 0 spiro atoms. The fourth-order valence-corrected chi connectivity index (χ4v) is 2.75. The molecule has 2 aromatic rings. The average molecular weight is 338 g/mol. The van der Waals surface area contributed by atoms with Crippen molar-refractivity contribution in [1.82, 2.24) is 0 Å². The monoisotopic (exact) mass is 338 g/mol. The number of aliphatic hydroxyl groups is 1. The molecule has 0 saturated carbocycles. The molecule has 0 unspecified atom stereocenters. The maximum Gasteiger partial charge on any atom is 0.108 e. The Morgan fingerprint density at radius 1 is 0.769 bits per heavy atom. The highest BCUT2D eigenvalue weighted by atomic mass is 16.3. The normalized spacial score (nSPS) is 13.3. The Balaban J connectivity index is 1.78. The van der Waals surface area contributed by atoms with Crippen molar-refractivity contribution in [1.29, 1.82) is 0 Å². The zero-order valence-corrected chi connectivity index (χ0v) is 15.5. The number of hydrogen-bond acceptors (Lipinski definition) is 1. The lowest BCUT2D eigenvalue weighted by Gasteiger charge is -2.09. The van der Waals surface area contributed by atoms with Gasteiger partial charge in [-0.25, -0.2) is 0 Å². The standard InChI is InChI=1S/C25H22O/c1-18-4-6-20(3)23(16-18)13-11-21-7-9-22(10-8-21)12-14-24-17-19(2)5-15-25(24)26/h4,6-10,16-17,26H,5,15H2,1-3H3. The molecule has 1 heteroatoms. The number of rotatable bonds is 0. The molecule has 3 rings (SSSR count). The third-order valence-corrected chi connectivity index (χ3v) is 4.42. The molecule has 26 heavy (non-hydrogen) atoms. The quantitative estimate of drug-likeness (QED) is 0.619. The van der Waals surface area contributed by atoms with Gasteiger partial charge in [0.25, 0.3) is 0 Å². The van der Waals surface area contributed by atoms with Crippen LogP contribution in [-0.4, -0.2) is 5.11 Å². The Bertz CT molecular complexity index is 1010. The third kappa shape index (κ3) is 4.47. The third-order valence-electron chi connectivity index (χ3n) is 4.42. The Morgan fingerprint density at radius 3 is 2.12 bits per heavy atom. The van der Waals surface area contributed by atoms with E-state index < -0.39 is 0 Å². The van der Waals surface area contributed by atoms with Gasteiger partial charge in [-0.3, -0.25) is 0 Å². The Kier molecular flexibility index (Phi) is 5.31. The molecule has 1 N–H and O–H groups in total. The lowest BCUT2D eigenvalue weighted by atomic mass is 9.99. The minimum absolute atomic E-state index is 0.388. The zero-order chi connectivity index (χ0) is 18.5. The van der Waals surface area contributed by atoms with Gasteiger partial charge in [-0.15, -0.1) is 0 Å². The van der Waals surface area contributed by atoms with Crippen molar-refractivity contribution in [3.63, 3.8) is 0 Å². The number of hydrogen-bond donors (Lipinski definition) is 1. The summed E-state index contributed by atoms with van der Waals surface area (Å²) >= 11 is 0. The highest BCUT2D eigenvalue weighted by molar-refractivity contribution is 5.51. The second kappa shape index (κ2) is 7.81. The Hall–Kier alpha value is -3.16. The van der Waals surface area contributed by atoms with Gasteiger partial charge in [-0.05, 0) is 74.7 Å². The first-order chi connectivity index (χ1) is 12.5. The SMILES string of the molecule is CC1=CC(C#Cc2ccc(C#Cc3cc(C)ccc3C)cc2)=C(O)CC1. The summed E-state index contributed by atoms with van der Waals surface area (Å²) in [5.74, 6) is 13.1. The van der Waals surface area contributed by atoms with Crippen LogP contribution in [0.2, 0.25) is 0 Å². The number of aryl methyl sites for hydroxylation is 2. The van der Waals surface area contributed by atoms with Crippen LogP contribution in [0.4, 0.5) is 0 Å². The van der Waals surface area contributed by atoms with Crippen LogP contribution in [0.3, 0.4) is 0 Å². The molecule has 0 fully saturated rings. The maximum atomic E-state index is 9.94. The first-order valence-electron chi connectivity index (χ1n) is 8.82. The second-order valence-corrected chi connectivity index (χ2v) is 6.75. The van der Waals surface area contributed by atoms with E-state index in [0.29, 0.717) is 12.2 Å². The van der Waals surface area contributed by atoms with E-state index in [1.54, 1.807) is 0 Å². The van der Waals surface area contributed by atoms with Crippen molar-refractivity contribution in [2.24, 2.45) is 0 Å². The summed E-state index contributed by atoms with van der Waals surface area (Å²) in [5.41, 5.74) is 7.34. The molecular weight excluding hydrogens is 316 g/mol. The van der Waals surface area contributed by atoms with Crippen LogP contribution in [0, 0.1) is 37.5 Å². The first-order valence-corrected chi connectivity index (χ1v) is 8.82. The van der Waals surface area contributed by atoms with Gasteiger partial charge in [0.1, 0.15) is 5.76 Å². The van der Waals surface area contributed by atoms with E-state index in [1.807, 2.05) is 30.3 Å². The lowest BCUT2D eigenvalue weighted by molar-refractivity contribution is 0.382. The van der Waals surface area contributed by atoms with Crippen molar-refractivity contribution in [3.05, 3.63) is 93.3 Å². The summed E-state index contributed by atoms with van der Waals surface area (Å²) in [6.45, 7) is 6.22. The molecule has 2 aromatic carbocycles. The van der Waals surface area contributed by atoms with Crippen molar-refractivity contribution >= 4 is 0 Å². The summed E-state index contributed by atoms with van der Waals surface area (Å²) in [6, 6.07) is 14.2. The van der Waals surface area contributed by atoms with Gasteiger partial charge in [0, 0.05) is 23.1 Å². The zero-order valence-electron chi connectivity index (χ0n) is 15.5. The van der Waals surface area contributed by atoms with Gasteiger partial charge in [-0.2, -0.15) is 0 Å². The van der Waals surface area contributed by atoms with E-state index in [-0.39, 0.29) is 0 Å². The van der Waals surface area contributed by atoms with Crippen LogP contribution in [0.15, 0.2) is 65.4 Å². The Morgan fingerprint density at radius 2 is 1.42 bits per heavy atom. The highest BCUT2D eigenvalue weighted by Crippen LogP contribution is 2.21. The van der Waals surface area contributed by atoms with Gasteiger partial charge in [0.15, 0.2) is 0 Å². The maximum absolute atomic E-state index is 9.94. The minimum atomic E-state index is 0.388. The molecule has 1 nitrogen and oxygen atoms in total. The molecule has 0 bridgehead atoms. The van der Waals surface area contributed by atoms with E-state index in [4.69, 9.17) is 0 Å². The fourth-order valence-electron chi connectivity index (χ4n) is 2.75. The second-order valence-electron chi connectivity index (χ2n) is 6.75. The van der Waals surface area contributed by atoms with E-state index in [2.05, 4.69) is 62.7 Å². The molecule has 0 radical (unpaired) electrons. The van der Waals surface area contributed by atoms with Crippen LogP contribution in [0.25, 0.3) is 0 Å². The summed E-state index contributed by atoms with van der Waals surface area (Å²) in [4.78, 5) is 0. The summed E-state index contributed by atoms with van der Waals surface area (Å²) in [5, 5.41) is 9.94. The van der Waals surface area contributed by atoms with Gasteiger partial charge >= 0.3 is 0 Å². The van der Waals surface area contributed by atoms with Gasteiger partial charge in [-0.1, -0.05) is 41.4 Å². The molecule has 1 aliphatic carbocycles. The van der Waals surface area contributed by atoms with Crippen LogP contribution in [-0.2, 0) is 0 Å². The predicted molar refractivity (Wildman–Crippen MR) is 108 cm³/mol. The molecule has 0 amide bonds. The molecule has 0 saturated heterocycles. The van der Waals surface area contributed by atoms with Crippen LogP contribution in [0.5, 0.6) is 0 Å². The van der Waals surface area contributed by atoms with Gasteiger partial charge in [0.2, 0.25) is 0 Å². The number of aliphatic hydroxyl groups excluding tert-OH is 1. The molecule has 0 aliphatic heterocycles. The minimum Gasteiger partial charge on any atom is -0.511 e. The molecule has 0 aromatic heterocycles. The topological polar surface area (TPSA) is 20.2 Å². The van der Waals surface area contributed by atoms with E-state index >= 15 is 0 Å². The van der Waals surface area contributed by atoms with Crippen molar-refractivity contribution in [3.8, 4) is 23.7 Å². The molecule has 0 atom stereocenters. The average Bonchev–Trinajstić information content (AvgIpc) is 2.64. The van der Waals surface area contributed by atoms with Crippen LogP contribution in [0.1, 0.15) is 47.6 Å². The Labute approximate surface area is 156 Å². The van der Waals surface area contributed by atoms with E-state index in [0.717, 1.165) is 28.7 Å². The smallest absolute Gasteiger partial charge is 0.108 e. The number of benzene rings is 2. The van der Waals surface area contributed by atoms with E-state index in [1.165, 1.54) is 16.7 Å². The predicted octanol–water partition coefficient (Wildman–Crippen LogP) is 5.61. The molecular formula is C25H22O. The molecule has 0 heterocycles. The highest BCUT2D eigenvalue weighted by Gasteiger charge is 2.07. The first kappa shape index (κ1) is 17.7. The van der Waals surface area contributed by atoms with Crippen molar-refractivity contribution in [2.45, 2.75) is 33.6 Å².